The van der Waals surface area contributed by atoms with Crippen LogP contribution in [0.25, 0.3) is 0 Å². The van der Waals surface area contributed by atoms with Gasteiger partial charge in [0.05, 0.1) is 4.90 Å². The van der Waals surface area contributed by atoms with Gasteiger partial charge in [-0.1, -0.05) is 25.3 Å². The number of nitrogens with zero attached hydrogens (tertiary/aromatic N) is 1. The van der Waals surface area contributed by atoms with Crippen molar-refractivity contribution in [3.05, 3.63) is 29.8 Å². The molecule has 2 N–H and O–H groups in total. The summed E-state index contributed by atoms with van der Waals surface area (Å²) in [5.41, 5.74) is 0.397. The summed E-state index contributed by atoms with van der Waals surface area (Å²) in [6, 6.07) is 6.55. The molecular formula is C19H29N3O3S. The highest BCUT2D eigenvalue weighted by molar-refractivity contribution is 7.89. The van der Waals surface area contributed by atoms with Crippen LogP contribution >= 0.6 is 0 Å². The smallest absolute Gasteiger partial charge is 0.251 e. The summed E-state index contributed by atoms with van der Waals surface area (Å²) in [7, 11) is -1.93. The van der Waals surface area contributed by atoms with Crippen molar-refractivity contribution in [3.63, 3.8) is 0 Å². The Labute approximate surface area is 156 Å². The van der Waals surface area contributed by atoms with Gasteiger partial charge in [-0.15, -0.1) is 0 Å². The Morgan fingerprint density at radius 2 is 1.92 bits per heavy atom. The Kier molecular flexibility index (Phi) is 6.32. The summed E-state index contributed by atoms with van der Waals surface area (Å²) < 4.78 is 27.5. The summed E-state index contributed by atoms with van der Waals surface area (Å²) in [5.74, 6) is -0.212. The van der Waals surface area contributed by atoms with Crippen LogP contribution in [0.3, 0.4) is 0 Å². The van der Waals surface area contributed by atoms with E-state index >= 15 is 0 Å². The normalized spacial score (nSPS) is 22.3. The number of hydrogen-bond acceptors (Lipinski definition) is 4. The highest BCUT2D eigenvalue weighted by Crippen LogP contribution is 2.26. The minimum absolute atomic E-state index is 0.0551. The van der Waals surface area contributed by atoms with Gasteiger partial charge in [-0.3, -0.25) is 4.79 Å². The Morgan fingerprint density at radius 3 is 2.62 bits per heavy atom. The zero-order valence-electron chi connectivity index (χ0n) is 15.4. The summed E-state index contributed by atoms with van der Waals surface area (Å²) in [5, 5.41) is 6.26. The van der Waals surface area contributed by atoms with Crippen molar-refractivity contribution < 1.29 is 13.2 Å². The van der Waals surface area contributed by atoms with E-state index in [1.54, 1.807) is 25.2 Å². The Balaban J connectivity index is 1.73. The van der Waals surface area contributed by atoms with Gasteiger partial charge >= 0.3 is 0 Å². The second kappa shape index (κ2) is 8.50. The van der Waals surface area contributed by atoms with Gasteiger partial charge in [0.25, 0.3) is 5.91 Å². The molecule has 1 aromatic rings. The highest BCUT2D eigenvalue weighted by atomic mass is 32.2. The fraction of sp³-hybridized carbons (Fsp3) is 0.632. The molecule has 1 aromatic carbocycles. The lowest BCUT2D eigenvalue weighted by Gasteiger charge is -2.30. The van der Waals surface area contributed by atoms with Crippen LogP contribution < -0.4 is 10.6 Å². The molecule has 0 radical (unpaired) electrons. The van der Waals surface area contributed by atoms with Crippen LogP contribution in [0.15, 0.2) is 29.2 Å². The van der Waals surface area contributed by atoms with E-state index in [0.29, 0.717) is 5.56 Å². The maximum atomic E-state index is 13.0. The van der Waals surface area contributed by atoms with Crippen LogP contribution in [-0.2, 0) is 10.0 Å². The third kappa shape index (κ3) is 4.45. The van der Waals surface area contributed by atoms with Crippen molar-refractivity contribution in [1.82, 2.24) is 14.9 Å². The molecule has 0 spiro atoms. The standard InChI is InChI=1S/C19H29N3O3S/c1-22(17-9-3-2-4-10-17)26(24,25)18-11-5-7-15(13-18)19(23)21-16-8-6-12-20-14-16/h5,7,11,13,16-17,20H,2-4,6,8-10,12,14H2,1H3,(H,21,23). The SMILES string of the molecule is CN(C1CCCCC1)S(=O)(=O)c1cccc(C(=O)NC2CCCNC2)c1. The molecule has 26 heavy (non-hydrogen) atoms. The molecule has 7 heteroatoms. The monoisotopic (exact) mass is 379 g/mol. The zero-order valence-corrected chi connectivity index (χ0v) is 16.2. The van der Waals surface area contributed by atoms with Crippen LogP contribution in [0, 0.1) is 0 Å². The van der Waals surface area contributed by atoms with Crippen molar-refractivity contribution in [2.24, 2.45) is 0 Å². The molecule has 0 bridgehead atoms. The lowest BCUT2D eigenvalue weighted by Crippen LogP contribution is -2.45. The molecular weight excluding hydrogens is 350 g/mol. The molecule has 1 saturated carbocycles. The maximum absolute atomic E-state index is 13.0. The number of benzene rings is 1. The second-order valence-electron chi connectivity index (χ2n) is 7.36. The fourth-order valence-corrected chi connectivity index (χ4v) is 5.31. The number of carbonyl (C=O) groups is 1. The molecule has 1 atom stereocenters. The van der Waals surface area contributed by atoms with E-state index < -0.39 is 10.0 Å². The molecule has 144 valence electrons. The first kappa shape index (κ1) is 19.3. The molecule has 1 amide bonds. The number of amides is 1. The van der Waals surface area contributed by atoms with Crippen molar-refractivity contribution in [1.29, 1.82) is 0 Å². The summed E-state index contributed by atoms with van der Waals surface area (Å²) >= 11 is 0. The van der Waals surface area contributed by atoms with E-state index in [-0.39, 0.29) is 22.9 Å². The predicted molar refractivity (Wildman–Crippen MR) is 102 cm³/mol. The van der Waals surface area contributed by atoms with Crippen molar-refractivity contribution in [2.45, 2.75) is 61.9 Å². The number of rotatable bonds is 5. The van der Waals surface area contributed by atoms with Crippen LogP contribution in [0.2, 0.25) is 0 Å². The maximum Gasteiger partial charge on any atom is 0.251 e. The van der Waals surface area contributed by atoms with Crippen molar-refractivity contribution in [2.75, 3.05) is 20.1 Å². The Morgan fingerprint density at radius 1 is 1.15 bits per heavy atom. The number of piperidine rings is 1. The van der Waals surface area contributed by atoms with Gasteiger partial charge in [-0.05, 0) is 50.4 Å². The summed E-state index contributed by atoms with van der Waals surface area (Å²) in [4.78, 5) is 12.7. The van der Waals surface area contributed by atoms with Gasteiger partial charge in [0.15, 0.2) is 0 Å². The number of nitrogens with one attached hydrogen (secondary N) is 2. The number of sulfonamides is 1. The first-order valence-electron chi connectivity index (χ1n) is 9.58. The molecule has 1 aliphatic carbocycles. The molecule has 1 saturated heterocycles. The van der Waals surface area contributed by atoms with E-state index in [0.717, 1.165) is 51.6 Å². The van der Waals surface area contributed by atoms with E-state index in [2.05, 4.69) is 10.6 Å². The van der Waals surface area contributed by atoms with E-state index in [1.165, 1.54) is 16.8 Å². The molecule has 1 unspecified atom stereocenters. The highest BCUT2D eigenvalue weighted by Gasteiger charge is 2.29. The van der Waals surface area contributed by atoms with Crippen LogP contribution in [0.4, 0.5) is 0 Å². The van der Waals surface area contributed by atoms with Gasteiger partial charge in [-0.25, -0.2) is 8.42 Å². The quantitative estimate of drug-likeness (QED) is 0.821. The van der Waals surface area contributed by atoms with Crippen molar-refractivity contribution in [3.8, 4) is 0 Å². The summed E-state index contributed by atoms with van der Waals surface area (Å²) in [6.45, 7) is 1.74. The lowest BCUT2D eigenvalue weighted by atomic mass is 9.96. The molecule has 1 heterocycles. The van der Waals surface area contributed by atoms with E-state index in [1.807, 2.05) is 0 Å². The van der Waals surface area contributed by atoms with Gasteiger partial charge in [0.2, 0.25) is 10.0 Å². The molecule has 2 fully saturated rings. The Hall–Kier alpha value is -1.44. The third-order valence-electron chi connectivity index (χ3n) is 5.49. The first-order chi connectivity index (χ1) is 12.5. The second-order valence-corrected chi connectivity index (χ2v) is 9.36. The molecule has 6 nitrogen and oxygen atoms in total. The fourth-order valence-electron chi connectivity index (χ4n) is 3.85. The molecule has 1 aliphatic heterocycles. The average Bonchev–Trinajstić information content (AvgIpc) is 2.69. The number of hydrogen-bond donors (Lipinski definition) is 2. The summed E-state index contributed by atoms with van der Waals surface area (Å²) in [6.07, 6.45) is 7.11. The van der Waals surface area contributed by atoms with Crippen LogP contribution in [0.1, 0.15) is 55.3 Å². The lowest BCUT2D eigenvalue weighted by molar-refractivity contribution is 0.0930. The number of carbonyl (C=O) groups excluding carboxylic acids is 1. The van der Waals surface area contributed by atoms with E-state index in [4.69, 9.17) is 0 Å². The Bertz CT molecular complexity index is 723. The van der Waals surface area contributed by atoms with Gasteiger partial charge in [0, 0.05) is 31.2 Å². The van der Waals surface area contributed by atoms with Gasteiger partial charge in [-0.2, -0.15) is 4.31 Å². The topological polar surface area (TPSA) is 78.5 Å². The largest absolute Gasteiger partial charge is 0.348 e. The van der Waals surface area contributed by atoms with Crippen LogP contribution in [0.5, 0.6) is 0 Å². The minimum atomic E-state index is -3.59. The average molecular weight is 380 g/mol. The van der Waals surface area contributed by atoms with Gasteiger partial charge < -0.3 is 10.6 Å². The molecule has 2 aliphatic rings. The minimum Gasteiger partial charge on any atom is -0.348 e. The van der Waals surface area contributed by atoms with Gasteiger partial charge in [0.1, 0.15) is 0 Å². The molecule has 3 rings (SSSR count). The van der Waals surface area contributed by atoms with Crippen molar-refractivity contribution >= 4 is 15.9 Å². The van der Waals surface area contributed by atoms with E-state index in [9.17, 15) is 13.2 Å². The molecule has 0 aromatic heterocycles. The first-order valence-corrected chi connectivity index (χ1v) is 11.0. The van der Waals surface area contributed by atoms with Crippen LogP contribution in [-0.4, -0.2) is 50.9 Å². The predicted octanol–water partition coefficient (Wildman–Crippen LogP) is 2.12. The zero-order chi connectivity index (χ0) is 18.6. The third-order valence-corrected chi connectivity index (χ3v) is 7.40.